The number of amides is 1. The molecular formula is C13H25N3O. The van der Waals surface area contributed by atoms with Gasteiger partial charge >= 0.3 is 0 Å². The van der Waals surface area contributed by atoms with E-state index in [2.05, 4.69) is 4.90 Å². The van der Waals surface area contributed by atoms with Crippen LogP contribution in [0.1, 0.15) is 44.9 Å². The van der Waals surface area contributed by atoms with Crippen LogP contribution in [0, 0.1) is 5.92 Å². The van der Waals surface area contributed by atoms with Gasteiger partial charge in [0.1, 0.15) is 0 Å². The van der Waals surface area contributed by atoms with Crippen LogP contribution in [0.2, 0.25) is 0 Å². The van der Waals surface area contributed by atoms with E-state index in [0.29, 0.717) is 24.4 Å². The molecule has 4 heteroatoms. The Labute approximate surface area is 104 Å². The van der Waals surface area contributed by atoms with Gasteiger partial charge in [0.25, 0.3) is 0 Å². The van der Waals surface area contributed by atoms with Crippen LogP contribution in [0.25, 0.3) is 0 Å². The van der Waals surface area contributed by atoms with E-state index in [0.717, 1.165) is 25.9 Å². The van der Waals surface area contributed by atoms with Crippen molar-refractivity contribution < 1.29 is 4.79 Å². The summed E-state index contributed by atoms with van der Waals surface area (Å²) >= 11 is 0. The number of nitrogens with zero attached hydrogens (tertiary/aromatic N) is 1. The quantitative estimate of drug-likeness (QED) is 0.766. The molecule has 2 fully saturated rings. The lowest BCUT2D eigenvalue weighted by Crippen LogP contribution is -2.52. The Hall–Kier alpha value is -0.610. The third kappa shape index (κ3) is 3.42. The maximum atomic E-state index is 10.9. The fourth-order valence-electron chi connectivity index (χ4n) is 3.37. The van der Waals surface area contributed by atoms with Gasteiger partial charge in [0, 0.05) is 18.5 Å². The first-order valence-electron chi connectivity index (χ1n) is 6.94. The standard InChI is InChI=1S/C13H25N3O/c14-11-3-1-2-4-12(11)16-7-5-10(6-8-16)9-13(15)17/h10-12H,1-9,14H2,(H2,15,17). The van der Waals surface area contributed by atoms with Crippen LogP contribution in [0.5, 0.6) is 0 Å². The zero-order valence-electron chi connectivity index (χ0n) is 10.6. The summed E-state index contributed by atoms with van der Waals surface area (Å²) in [6.45, 7) is 2.19. The smallest absolute Gasteiger partial charge is 0.217 e. The van der Waals surface area contributed by atoms with E-state index >= 15 is 0 Å². The zero-order valence-corrected chi connectivity index (χ0v) is 10.6. The van der Waals surface area contributed by atoms with Gasteiger partial charge in [-0.3, -0.25) is 9.69 Å². The van der Waals surface area contributed by atoms with Gasteiger partial charge in [0.05, 0.1) is 0 Å². The number of carbonyl (C=O) groups excluding carboxylic acids is 1. The van der Waals surface area contributed by atoms with E-state index in [1.54, 1.807) is 0 Å². The van der Waals surface area contributed by atoms with Crippen molar-refractivity contribution in [1.29, 1.82) is 0 Å². The normalized spacial score (nSPS) is 32.5. The summed E-state index contributed by atoms with van der Waals surface area (Å²) in [5, 5.41) is 0. The van der Waals surface area contributed by atoms with E-state index in [1.165, 1.54) is 25.7 Å². The predicted octanol–water partition coefficient (Wildman–Crippen LogP) is 0.844. The molecule has 2 rings (SSSR count). The van der Waals surface area contributed by atoms with Crippen LogP contribution in [-0.2, 0) is 4.79 Å². The van der Waals surface area contributed by atoms with Gasteiger partial charge in [-0.05, 0) is 44.7 Å². The number of nitrogens with two attached hydrogens (primary N) is 2. The minimum absolute atomic E-state index is 0.155. The largest absolute Gasteiger partial charge is 0.370 e. The third-order valence-electron chi connectivity index (χ3n) is 4.39. The molecule has 0 aromatic heterocycles. The fourth-order valence-corrected chi connectivity index (χ4v) is 3.37. The summed E-state index contributed by atoms with van der Waals surface area (Å²) < 4.78 is 0. The number of likely N-dealkylation sites (tertiary alicyclic amines) is 1. The highest BCUT2D eigenvalue weighted by Crippen LogP contribution is 2.27. The zero-order chi connectivity index (χ0) is 12.3. The van der Waals surface area contributed by atoms with E-state index in [9.17, 15) is 4.79 Å². The van der Waals surface area contributed by atoms with Gasteiger partial charge in [-0.15, -0.1) is 0 Å². The highest BCUT2D eigenvalue weighted by atomic mass is 16.1. The first-order valence-corrected chi connectivity index (χ1v) is 6.94. The first-order chi connectivity index (χ1) is 8.16. The van der Waals surface area contributed by atoms with Crippen LogP contribution < -0.4 is 11.5 Å². The third-order valence-corrected chi connectivity index (χ3v) is 4.39. The van der Waals surface area contributed by atoms with Crippen molar-refractivity contribution in [2.75, 3.05) is 13.1 Å². The molecule has 2 unspecified atom stereocenters. The Kier molecular flexibility index (Phi) is 4.40. The van der Waals surface area contributed by atoms with Crippen molar-refractivity contribution in [3.05, 3.63) is 0 Å². The Morgan fingerprint density at radius 1 is 1.12 bits per heavy atom. The Balaban J connectivity index is 1.79. The van der Waals surface area contributed by atoms with Gasteiger partial charge < -0.3 is 11.5 Å². The molecule has 17 heavy (non-hydrogen) atoms. The van der Waals surface area contributed by atoms with Crippen molar-refractivity contribution in [2.45, 2.75) is 57.0 Å². The second-order valence-electron chi connectivity index (χ2n) is 5.67. The van der Waals surface area contributed by atoms with Gasteiger partial charge in [-0.25, -0.2) is 0 Å². The summed E-state index contributed by atoms with van der Waals surface area (Å²) in [5.41, 5.74) is 11.5. The summed E-state index contributed by atoms with van der Waals surface area (Å²) in [6, 6.07) is 0.940. The van der Waals surface area contributed by atoms with Crippen LogP contribution in [0.4, 0.5) is 0 Å². The maximum absolute atomic E-state index is 10.9. The predicted molar refractivity (Wildman–Crippen MR) is 68.3 cm³/mol. The Morgan fingerprint density at radius 3 is 2.35 bits per heavy atom. The average molecular weight is 239 g/mol. The van der Waals surface area contributed by atoms with E-state index in [-0.39, 0.29) is 5.91 Å². The lowest BCUT2D eigenvalue weighted by Gasteiger charge is -2.42. The van der Waals surface area contributed by atoms with Crippen LogP contribution in [0.15, 0.2) is 0 Å². The molecule has 1 aliphatic carbocycles. The van der Waals surface area contributed by atoms with Crippen LogP contribution in [0.3, 0.4) is 0 Å². The van der Waals surface area contributed by atoms with Crippen molar-refractivity contribution in [3.63, 3.8) is 0 Å². The Bertz CT molecular complexity index is 261. The number of primary amides is 1. The van der Waals surface area contributed by atoms with Gasteiger partial charge in [-0.2, -0.15) is 0 Å². The SMILES string of the molecule is NC(=O)CC1CCN(C2CCCCC2N)CC1. The molecule has 2 aliphatic rings. The monoisotopic (exact) mass is 239 g/mol. The lowest BCUT2D eigenvalue weighted by molar-refractivity contribution is -0.119. The molecule has 98 valence electrons. The first kappa shape index (κ1) is 12.8. The summed E-state index contributed by atoms with van der Waals surface area (Å²) in [6.07, 6.45) is 7.80. The maximum Gasteiger partial charge on any atom is 0.217 e. The molecule has 1 saturated carbocycles. The number of hydrogen-bond donors (Lipinski definition) is 2. The van der Waals surface area contributed by atoms with Crippen molar-refractivity contribution in [1.82, 2.24) is 4.90 Å². The van der Waals surface area contributed by atoms with E-state index in [1.807, 2.05) is 0 Å². The van der Waals surface area contributed by atoms with Crippen LogP contribution in [-0.4, -0.2) is 36.0 Å². The van der Waals surface area contributed by atoms with E-state index < -0.39 is 0 Å². The summed E-state index contributed by atoms with van der Waals surface area (Å²) in [7, 11) is 0. The molecule has 1 aliphatic heterocycles. The van der Waals surface area contributed by atoms with Crippen molar-refractivity contribution in [3.8, 4) is 0 Å². The molecule has 4 N–H and O–H groups in total. The molecule has 0 radical (unpaired) electrons. The second-order valence-corrected chi connectivity index (χ2v) is 5.67. The highest BCUT2D eigenvalue weighted by molar-refractivity contribution is 5.73. The fraction of sp³-hybridized carbons (Fsp3) is 0.923. The minimum atomic E-state index is -0.155. The summed E-state index contributed by atoms with van der Waals surface area (Å²) in [5.74, 6) is 0.349. The minimum Gasteiger partial charge on any atom is -0.370 e. The second kappa shape index (κ2) is 5.83. The molecule has 2 atom stereocenters. The molecular weight excluding hydrogens is 214 g/mol. The highest BCUT2D eigenvalue weighted by Gasteiger charge is 2.30. The van der Waals surface area contributed by atoms with Gasteiger partial charge in [-0.1, -0.05) is 12.8 Å². The number of piperidine rings is 1. The average Bonchev–Trinajstić information content (AvgIpc) is 2.30. The van der Waals surface area contributed by atoms with Crippen molar-refractivity contribution >= 4 is 5.91 Å². The number of carbonyl (C=O) groups is 1. The lowest BCUT2D eigenvalue weighted by atomic mass is 9.86. The van der Waals surface area contributed by atoms with Crippen LogP contribution >= 0.6 is 0 Å². The molecule has 0 bridgehead atoms. The molecule has 4 nitrogen and oxygen atoms in total. The number of rotatable bonds is 3. The van der Waals surface area contributed by atoms with Crippen molar-refractivity contribution in [2.24, 2.45) is 17.4 Å². The molecule has 1 heterocycles. The molecule has 0 aromatic carbocycles. The molecule has 1 saturated heterocycles. The number of hydrogen-bond acceptors (Lipinski definition) is 3. The molecule has 1 amide bonds. The molecule has 0 aromatic rings. The van der Waals surface area contributed by atoms with Gasteiger partial charge in [0.2, 0.25) is 5.91 Å². The van der Waals surface area contributed by atoms with E-state index in [4.69, 9.17) is 11.5 Å². The molecule has 0 spiro atoms. The van der Waals surface area contributed by atoms with Gasteiger partial charge in [0.15, 0.2) is 0 Å². The topological polar surface area (TPSA) is 72.4 Å². The summed E-state index contributed by atoms with van der Waals surface area (Å²) in [4.78, 5) is 13.4. The Morgan fingerprint density at radius 2 is 1.76 bits per heavy atom.